The van der Waals surface area contributed by atoms with Crippen LogP contribution in [-0.2, 0) is 6.42 Å². The van der Waals surface area contributed by atoms with E-state index in [1.165, 1.54) is 5.56 Å². The van der Waals surface area contributed by atoms with E-state index in [0.29, 0.717) is 6.04 Å². The van der Waals surface area contributed by atoms with Crippen molar-refractivity contribution < 1.29 is 4.74 Å². The molecule has 1 atom stereocenters. The van der Waals surface area contributed by atoms with Gasteiger partial charge in [0.25, 0.3) is 0 Å². The van der Waals surface area contributed by atoms with Crippen LogP contribution in [-0.4, -0.2) is 37.7 Å². The minimum Gasteiger partial charge on any atom is -0.497 e. The summed E-state index contributed by atoms with van der Waals surface area (Å²) in [5, 5.41) is 0. The molecule has 0 heterocycles. The average molecular weight is 264 g/mol. The summed E-state index contributed by atoms with van der Waals surface area (Å²) in [7, 11) is 1.69. The third-order valence-electron chi connectivity index (χ3n) is 3.67. The normalized spacial score (nSPS) is 12.7. The molecular formula is C16H28N2O. The molecule has 3 heteroatoms. The van der Waals surface area contributed by atoms with Gasteiger partial charge < -0.3 is 15.4 Å². The van der Waals surface area contributed by atoms with Crippen LogP contribution >= 0.6 is 0 Å². The maximum Gasteiger partial charge on any atom is 0.118 e. The zero-order valence-corrected chi connectivity index (χ0v) is 12.6. The minimum absolute atomic E-state index is 0.294. The van der Waals surface area contributed by atoms with Gasteiger partial charge >= 0.3 is 0 Å². The second-order valence-electron chi connectivity index (χ2n) is 4.96. The van der Waals surface area contributed by atoms with Gasteiger partial charge in [-0.25, -0.2) is 0 Å². The van der Waals surface area contributed by atoms with Crippen molar-refractivity contribution in [2.24, 2.45) is 5.73 Å². The van der Waals surface area contributed by atoms with Gasteiger partial charge in [-0.15, -0.1) is 0 Å². The van der Waals surface area contributed by atoms with E-state index >= 15 is 0 Å². The van der Waals surface area contributed by atoms with Gasteiger partial charge in [0.15, 0.2) is 0 Å². The lowest BCUT2D eigenvalue weighted by Gasteiger charge is -2.20. The molecule has 0 spiro atoms. The van der Waals surface area contributed by atoms with Crippen LogP contribution < -0.4 is 10.5 Å². The topological polar surface area (TPSA) is 38.5 Å². The Morgan fingerprint density at radius 2 is 1.74 bits per heavy atom. The van der Waals surface area contributed by atoms with Crippen LogP contribution in [0.1, 0.15) is 32.3 Å². The summed E-state index contributed by atoms with van der Waals surface area (Å²) >= 11 is 0. The van der Waals surface area contributed by atoms with E-state index < -0.39 is 0 Å². The molecule has 0 amide bonds. The van der Waals surface area contributed by atoms with Gasteiger partial charge in [0.2, 0.25) is 0 Å². The monoisotopic (exact) mass is 264 g/mol. The number of hydrogen-bond donors (Lipinski definition) is 1. The molecule has 1 aromatic carbocycles. The van der Waals surface area contributed by atoms with E-state index in [-0.39, 0.29) is 0 Å². The number of ether oxygens (including phenoxy) is 1. The molecule has 2 N–H and O–H groups in total. The van der Waals surface area contributed by atoms with Crippen molar-refractivity contribution in [3.8, 4) is 5.75 Å². The summed E-state index contributed by atoms with van der Waals surface area (Å²) in [6, 6.07) is 8.56. The van der Waals surface area contributed by atoms with E-state index in [4.69, 9.17) is 10.5 Å². The molecule has 0 radical (unpaired) electrons. The van der Waals surface area contributed by atoms with Crippen LogP contribution in [0.4, 0.5) is 0 Å². The molecule has 1 aromatic rings. The first kappa shape index (κ1) is 16.0. The Bertz CT molecular complexity index is 333. The number of nitrogens with zero attached hydrogens (tertiary/aromatic N) is 1. The minimum atomic E-state index is 0.294. The number of methoxy groups -OCH3 is 1. The van der Waals surface area contributed by atoms with Crippen molar-refractivity contribution in [1.82, 2.24) is 4.90 Å². The maximum atomic E-state index is 6.18. The molecule has 0 fully saturated rings. The first-order valence-corrected chi connectivity index (χ1v) is 7.30. The Balaban J connectivity index is 2.27. The SMILES string of the molecule is CCN(CC)CCC(N)CCc1ccc(OC)cc1. The smallest absolute Gasteiger partial charge is 0.118 e. The highest BCUT2D eigenvalue weighted by molar-refractivity contribution is 5.27. The standard InChI is InChI=1S/C16H28N2O/c1-4-18(5-2)13-12-15(17)9-6-14-7-10-16(19-3)11-8-14/h7-8,10-11,15H,4-6,9,12-13,17H2,1-3H3. The maximum absolute atomic E-state index is 6.18. The molecule has 1 rings (SSSR count). The lowest BCUT2D eigenvalue weighted by molar-refractivity contribution is 0.288. The molecule has 0 aliphatic carbocycles. The van der Waals surface area contributed by atoms with E-state index in [1.54, 1.807) is 7.11 Å². The van der Waals surface area contributed by atoms with Gasteiger partial charge in [0, 0.05) is 6.04 Å². The Kier molecular flexibility index (Phi) is 7.53. The fourth-order valence-corrected chi connectivity index (χ4v) is 2.18. The fraction of sp³-hybridized carbons (Fsp3) is 0.625. The molecule has 0 bridgehead atoms. The van der Waals surface area contributed by atoms with Gasteiger partial charge in [-0.3, -0.25) is 0 Å². The second-order valence-corrected chi connectivity index (χ2v) is 4.96. The Hall–Kier alpha value is -1.06. The summed E-state index contributed by atoms with van der Waals surface area (Å²) in [4.78, 5) is 2.42. The third kappa shape index (κ3) is 6.08. The van der Waals surface area contributed by atoms with Crippen LogP contribution in [0.15, 0.2) is 24.3 Å². The first-order valence-electron chi connectivity index (χ1n) is 7.30. The van der Waals surface area contributed by atoms with Crippen molar-refractivity contribution in [1.29, 1.82) is 0 Å². The van der Waals surface area contributed by atoms with Crippen molar-refractivity contribution in [3.63, 3.8) is 0 Å². The molecule has 0 aliphatic heterocycles. The summed E-state index contributed by atoms with van der Waals surface area (Å²) in [6.07, 6.45) is 3.18. The highest BCUT2D eigenvalue weighted by Crippen LogP contribution is 2.13. The van der Waals surface area contributed by atoms with Gasteiger partial charge in [0.05, 0.1) is 7.11 Å². The summed E-state index contributed by atoms with van der Waals surface area (Å²) in [5.74, 6) is 0.912. The molecule has 0 aromatic heterocycles. The zero-order valence-electron chi connectivity index (χ0n) is 12.6. The molecular weight excluding hydrogens is 236 g/mol. The second kappa shape index (κ2) is 8.94. The largest absolute Gasteiger partial charge is 0.497 e. The summed E-state index contributed by atoms with van der Waals surface area (Å²) in [5.41, 5.74) is 7.52. The van der Waals surface area contributed by atoms with Crippen LogP contribution in [0.25, 0.3) is 0 Å². The van der Waals surface area contributed by atoms with Crippen LogP contribution in [0.5, 0.6) is 5.75 Å². The number of hydrogen-bond acceptors (Lipinski definition) is 3. The van der Waals surface area contributed by atoms with Gasteiger partial charge in [-0.2, -0.15) is 0 Å². The number of nitrogens with two attached hydrogens (primary N) is 1. The van der Waals surface area contributed by atoms with E-state index in [1.807, 2.05) is 12.1 Å². The quantitative estimate of drug-likeness (QED) is 0.745. The molecule has 1 unspecified atom stereocenters. The highest BCUT2D eigenvalue weighted by Gasteiger charge is 2.06. The van der Waals surface area contributed by atoms with E-state index in [0.717, 1.165) is 44.6 Å². The average Bonchev–Trinajstić information content (AvgIpc) is 2.46. The summed E-state index contributed by atoms with van der Waals surface area (Å²) < 4.78 is 5.15. The number of benzene rings is 1. The third-order valence-corrected chi connectivity index (χ3v) is 3.67. The van der Waals surface area contributed by atoms with Crippen molar-refractivity contribution in [2.45, 2.75) is 39.2 Å². The predicted octanol–water partition coefficient (Wildman–Crippen LogP) is 2.69. The predicted molar refractivity (Wildman–Crippen MR) is 81.7 cm³/mol. The van der Waals surface area contributed by atoms with Gasteiger partial charge in [-0.05, 0) is 56.6 Å². The lowest BCUT2D eigenvalue weighted by Crippen LogP contribution is -2.30. The van der Waals surface area contributed by atoms with Gasteiger partial charge in [0.1, 0.15) is 5.75 Å². The highest BCUT2D eigenvalue weighted by atomic mass is 16.5. The molecule has 3 nitrogen and oxygen atoms in total. The van der Waals surface area contributed by atoms with Crippen molar-refractivity contribution >= 4 is 0 Å². The Morgan fingerprint density at radius 1 is 1.11 bits per heavy atom. The van der Waals surface area contributed by atoms with Crippen LogP contribution in [0.3, 0.4) is 0 Å². The van der Waals surface area contributed by atoms with E-state index in [2.05, 4.69) is 30.9 Å². The van der Waals surface area contributed by atoms with Crippen LogP contribution in [0, 0.1) is 0 Å². The molecule has 0 saturated heterocycles. The zero-order chi connectivity index (χ0) is 14.1. The first-order chi connectivity index (χ1) is 9.19. The number of aryl methyl sites for hydroxylation is 1. The fourth-order valence-electron chi connectivity index (χ4n) is 2.18. The number of rotatable bonds is 9. The Labute approximate surface area is 117 Å². The molecule has 108 valence electrons. The molecule has 19 heavy (non-hydrogen) atoms. The van der Waals surface area contributed by atoms with E-state index in [9.17, 15) is 0 Å². The summed E-state index contributed by atoms with van der Waals surface area (Å²) in [6.45, 7) is 7.74. The lowest BCUT2D eigenvalue weighted by atomic mass is 10.0. The Morgan fingerprint density at radius 3 is 2.26 bits per heavy atom. The van der Waals surface area contributed by atoms with Crippen LogP contribution in [0.2, 0.25) is 0 Å². The molecule has 0 saturated carbocycles. The van der Waals surface area contributed by atoms with Crippen molar-refractivity contribution in [2.75, 3.05) is 26.7 Å². The van der Waals surface area contributed by atoms with Crippen molar-refractivity contribution in [3.05, 3.63) is 29.8 Å². The van der Waals surface area contributed by atoms with Gasteiger partial charge in [-0.1, -0.05) is 26.0 Å². The molecule has 0 aliphatic rings.